The number of amidine groups is 1. The van der Waals surface area contributed by atoms with Crippen molar-refractivity contribution >= 4 is 16.9 Å². The van der Waals surface area contributed by atoms with Gasteiger partial charge in [0.25, 0.3) is 0 Å². The Balaban J connectivity index is 4.15. The average molecular weight is 201 g/mol. The second-order valence-corrected chi connectivity index (χ2v) is 4.18. The molecule has 0 fully saturated rings. The number of nitrogens with one attached hydrogen (secondary N) is 1. The second kappa shape index (κ2) is 5.84. The van der Waals surface area contributed by atoms with E-state index in [0.717, 1.165) is 0 Å². The summed E-state index contributed by atoms with van der Waals surface area (Å²) in [4.78, 5) is 4.16. The van der Waals surface area contributed by atoms with E-state index in [2.05, 4.69) is 10.3 Å². The van der Waals surface area contributed by atoms with Crippen molar-refractivity contribution in [3.8, 4) is 6.19 Å². The summed E-state index contributed by atoms with van der Waals surface area (Å²) < 4.78 is 0. The zero-order chi connectivity index (χ0) is 10.3. The Labute approximate surface area is 83.0 Å². The van der Waals surface area contributed by atoms with E-state index in [-0.39, 0.29) is 12.0 Å². The molecular formula is C8H15N3OS. The van der Waals surface area contributed by atoms with Crippen molar-refractivity contribution in [2.75, 3.05) is 19.4 Å². The van der Waals surface area contributed by atoms with E-state index in [1.807, 2.05) is 26.3 Å². The van der Waals surface area contributed by atoms with Gasteiger partial charge in [0.15, 0.2) is 11.4 Å². The first-order valence-electron chi connectivity index (χ1n) is 3.90. The van der Waals surface area contributed by atoms with Crippen molar-refractivity contribution in [2.24, 2.45) is 10.4 Å². The Morgan fingerprint density at radius 2 is 2.31 bits per heavy atom. The topological polar surface area (TPSA) is 68.4 Å². The van der Waals surface area contributed by atoms with E-state index in [1.54, 1.807) is 0 Å². The van der Waals surface area contributed by atoms with Crippen LogP contribution in [0.4, 0.5) is 0 Å². The van der Waals surface area contributed by atoms with Gasteiger partial charge in [0, 0.05) is 18.6 Å². The molecule has 0 rings (SSSR count). The molecule has 0 atom stereocenters. The lowest BCUT2D eigenvalue weighted by Gasteiger charge is -2.18. The second-order valence-electron chi connectivity index (χ2n) is 3.38. The predicted octanol–water partition coefficient (Wildman–Crippen LogP) is 0.795. The minimum atomic E-state index is -0.224. The maximum Gasteiger partial charge on any atom is 0.183 e. The van der Waals surface area contributed by atoms with Gasteiger partial charge in [-0.15, -0.1) is 0 Å². The number of nitriles is 1. The molecule has 5 heteroatoms. The molecule has 13 heavy (non-hydrogen) atoms. The third-order valence-corrected chi connectivity index (χ3v) is 2.05. The quantitative estimate of drug-likeness (QED) is 0.307. The maximum absolute atomic E-state index is 8.95. The van der Waals surface area contributed by atoms with Crippen LogP contribution >= 0.6 is 11.8 Å². The number of hydrogen-bond donors (Lipinski definition) is 2. The molecule has 0 radical (unpaired) electrons. The van der Waals surface area contributed by atoms with E-state index in [0.29, 0.717) is 11.7 Å². The highest BCUT2D eigenvalue weighted by molar-refractivity contribution is 8.13. The van der Waals surface area contributed by atoms with Crippen LogP contribution in [0, 0.1) is 16.9 Å². The third kappa shape index (κ3) is 5.50. The summed E-state index contributed by atoms with van der Waals surface area (Å²) >= 11 is 1.38. The number of rotatable bonds is 3. The smallest absolute Gasteiger partial charge is 0.183 e. The zero-order valence-electron chi connectivity index (χ0n) is 8.16. The van der Waals surface area contributed by atoms with E-state index in [1.165, 1.54) is 11.8 Å². The Morgan fingerprint density at radius 3 is 2.69 bits per heavy atom. The van der Waals surface area contributed by atoms with Gasteiger partial charge >= 0.3 is 0 Å². The molecule has 0 heterocycles. The van der Waals surface area contributed by atoms with Crippen LogP contribution in [-0.4, -0.2) is 29.7 Å². The van der Waals surface area contributed by atoms with E-state index >= 15 is 0 Å². The van der Waals surface area contributed by atoms with Crippen molar-refractivity contribution in [1.29, 1.82) is 5.26 Å². The van der Waals surface area contributed by atoms with Crippen LogP contribution in [0.5, 0.6) is 0 Å². The third-order valence-electron chi connectivity index (χ3n) is 1.43. The minimum Gasteiger partial charge on any atom is -0.396 e. The number of aliphatic hydroxyl groups excluding tert-OH is 1. The van der Waals surface area contributed by atoms with Crippen molar-refractivity contribution in [2.45, 2.75) is 13.8 Å². The fourth-order valence-electron chi connectivity index (χ4n) is 0.539. The van der Waals surface area contributed by atoms with Crippen LogP contribution in [0.2, 0.25) is 0 Å². The van der Waals surface area contributed by atoms with Gasteiger partial charge in [-0.05, 0) is 6.26 Å². The van der Waals surface area contributed by atoms with Gasteiger partial charge in [0.05, 0.1) is 0 Å². The number of nitrogens with zero attached hydrogens (tertiary/aromatic N) is 2. The monoisotopic (exact) mass is 201 g/mol. The summed E-state index contributed by atoms with van der Waals surface area (Å²) in [5.74, 6) is 0. The first kappa shape index (κ1) is 12.3. The highest BCUT2D eigenvalue weighted by atomic mass is 32.2. The molecule has 0 spiro atoms. The highest BCUT2D eigenvalue weighted by Gasteiger charge is 2.15. The fraction of sp³-hybridized carbons (Fsp3) is 0.750. The summed E-state index contributed by atoms with van der Waals surface area (Å²) in [6, 6.07) is 0. The van der Waals surface area contributed by atoms with E-state index in [9.17, 15) is 0 Å². The molecule has 0 aromatic rings. The molecule has 0 aliphatic rings. The molecular weight excluding hydrogens is 186 g/mol. The normalized spacial score (nSPS) is 12.4. The van der Waals surface area contributed by atoms with Crippen molar-refractivity contribution < 1.29 is 5.11 Å². The van der Waals surface area contributed by atoms with Gasteiger partial charge in [0.1, 0.15) is 0 Å². The Morgan fingerprint density at radius 1 is 1.69 bits per heavy atom. The zero-order valence-corrected chi connectivity index (χ0v) is 8.98. The number of hydrogen-bond acceptors (Lipinski definition) is 4. The first-order valence-corrected chi connectivity index (χ1v) is 5.12. The van der Waals surface area contributed by atoms with E-state index < -0.39 is 0 Å². The number of thioether (sulfide) groups is 1. The molecule has 74 valence electrons. The van der Waals surface area contributed by atoms with Gasteiger partial charge < -0.3 is 5.11 Å². The van der Waals surface area contributed by atoms with Crippen LogP contribution in [-0.2, 0) is 0 Å². The van der Waals surface area contributed by atoms with Gasteiger partial charge in [-0.3, -0.25) is 10.3 Å². The van der Waals surface area contributed by atoms with Crippen LogP contribution in [0.1, 0.15) is 13.8 Å². The lowest BCUT2D eigenvalue weighted by Crippen LogP contribution is -2.23. The summed E-state index contributed by atoms with van der Waals surface area (Å²) in [7, 11) is 0. The lowest BCUT2D eigenvalue weighted by molar-refractivity contribution is 0.167. The van der Waals surface area contributed by atoms with Crippen LogP contribution in [0.3, 0.4) is 0 Å². The molecule has 0 unspecified atom stereocenters. The molecule has 0 saturated carbocycles. The van der Waals surface area contributed by atoms with Gasteiger partial charge in [-0.2, -0.15) is 5.26 Å². The van der Waals surface area contributed by atoms with Gasteiger partial charge in [-0.25, -0.2) is 0 Å². The van der Waals surface area contributed by atoms with Crippen LogP contribution < -0.4 is 5.32 Å². The van der Waals surface area contributed by atoms with Crippen molar-refractivity contribution in [3.63, 3.8) is 0 Å². The fourth-order valence-corrected chi connectivity index (χ4v) is 0.880. The molecule has 0 aromatic carbocycles. The Hall–Kier alpha value is -0.730. The highest BCUT2D eigenvalue weighted by Crippen LogP contribution is 2.14. The Kier molecular flexibility index (Phi) is 5.51. The van der Waals surface area contributed by atoms with Gasteiger partial charge in [-0.1, -0.05) is 25.6 Å². The molecule has 4 nitrogen and oxygen atoms in total. The number of aliphatic hydroxyl groups is 1. The Bertz CT molecular complexity index is 220. The van der Waals surface area contributed by atoms with E-state index in [4.69, 9.17) is 10.4 Å². The van der Waals surface area contributed by atoms with Crippen LogP contribution in [0.15, 0.2) is 4.99 Å². The summed E-state index contributed by atoms with van der Waals surface area (Å²) in [6.45, 7) is 4.43. The molecule has 2 N–H and O–H groups in total. The lowest BCUT2D eigenvalue weighted by atomic mass is 9.95. The standard InChI is InChI=1S/C8H15N3OS/c1-8(2,5-12)4-10-7(13-3)11-6-9/h12H,4-5H2,1-3H3,(H,10,11). The summed E-state index contributed by atoms with van der Waals surface area (Å²) in [5, 5.41) is 20.4. The molecule has 0 bridgehead atoms. The SMILES string of the molecule is CSC(=NCC(C)(C)CO)NC#N. The van der Waals surface area contributed by atoms with Crippen molar-refractivity contribution in [3.05, 3.63) is 0 Å². The molecule has 0 aliphatic heterocycles. The predicted molar refractivity (Wildman–Crippen MR) is 55.4 cm³/mol. The van der Waals surface area contributed by atoms with Gasteiger partial charge in [0.2, 0.25) is 0 Å². The molecule has 0 saturated heterocycles. The maximum atomic E-state index is 8.95. The van der Waals surface area contributed by atoms with Crippen LogP contribution in [0.25, 0.3) is 0 Å². The average Bonchev–Trinajstić information content (AvgIpc) is 2.12. The molecule has 0 aliphatic carbocycles. The number of aliphatic imine (C=N–C) groups is 1. The molecule has 0 aromatic heterocycles. The largest absolute Gasteiger partial charge is 0.396 e. The minimum absolute atomic E-state index is 0.0880. The van der Waals surface area contributed by atoms with Crippen molar-refractivity contribution in [1.82, 2.24) is 5.32 Å². The first-order chi connectivity index (χ1) is 6.05. The summed E-state index contributed by atoms with van der Waals surface area (Å²) in [6.07, 6.45) is 3.65. The summed E-state index contributed by atoms with van der Waals surface area (Å²) in [5.41, 5.74) is -0.224. The molecule has 0 amide bonds.